The third-order valence-electron chi connectivity index (χ3n) is 5.17. The number of nitrogens with zero attached hydrogens (tertiary/aromatic N) is 4. The number of hydrogen-bond acceptors (Lipinski definition) is 7. The van der Waals surface area contributed by atoms with Gasteiger partial charge in [0.2, 0.25) is 5.95 Å². The van der Waals surface area contributed by atoms with Gasteiger partial charge in [-0.2, -0.15) is 10.1 Å². The van der Waals surface area contributed by atoms with Gasteiger partial charge in [-0.05, 0) is 36.8 Å². The molecule has 0 amide bonds. The number of aryl methyl sites for hydroxylation is 1. The maximum atomic E-state index is 12.6. The van der Waals surface area contributed by atoms with E-state index in [0.29, 0.717) is 16.5 Å². The van der Waals surface area contributed by atoms with Crippen molar-refractivity contribution in [2.24, 2.45) is 12.1 Å². The highest BCUT2D eigenvalue weighted by molar-refractivity contribution is 6.30. The highest BCUT2D eigenvalue weighted by Gasteiger charge is 2.20. The third-order valence-corrected chi connectivity index (χ3v) is 5.42. The van der Waals surface area contributed by atoms with Gasteiger partial charge in [0, 0.05) is 12.1 Å². The molecule has 4 rings (SSSR count). The molecule has 2 aromatic heterocycles. The van der Waals surface area contributed by atoms with E-state index < -0.39 is 17.4 Å². The Morgan fingerprint density at radius 1 is 1.21 bits per heavy atom. The molecular formula is C23H23ClN6O4. The highest BCUT2D eigenvalue weighted by Crippen LogP contribution is 2.18. The van der Waals surface area contributed by atoms with Crippen molar-refractivity contribution in [2.75, 3.05) is 12.0 Å². The molecule has 2 aromatic carbocycles. The quantitative estimate of drug-likeness (QED) is 0.261. The van der Waals surface area contributed by atoms with Crippen LogP contribution in [0.3, 0.4) is 0 Å². The van der Waals surface area contributed by atoms with Crippen molar-refractivity contribution in [3.05, 3.63) is 86.0 Å². The molecular weight excluding hydrogens is 460 g/mol. The summed E-state index contributed by atoms with van der Waals surface area (Å²) in [5, 5.41) is 15.6. The van der Waals surface area contributed by atoms with Crippen LogP contribution in [0.15, 0.2) is 69.3 Å². The lowest BCUT2D eigenvalue weighted by molar-refractivity contribution is 0.0938. The lowest BCUT2D eigenvalue weighted by atomic mass is 10.1. The average Bonchev–Trinajstić information content (AvgIpc) is 3.20. The van der Waals surface area contributed by atoms with Gasteiger partial charge in [0.15, 0.2) is 11.2 Å². The molecule has 10 nitrogen and oxygen atoms in total. The van der Waals surface area contributed by atoms with Crippen LogP contribution in [0, 0.1) is 0 Å². The fourth-order valence-corrected chi connectivity index (χ4v) is 3.49. The fourth-order valence-electron chi connectivity index (χ4n) is 3.36. The number of aromatic nitrogens is 4. The minimum Gasteiger partial charge on any atom is -0.491 e. The second-order valence-electron chi connectivity index (χ2n) is 7.63. The van der Waals surface area contributed by atoms with Gasteiger partial charge in [0.05, 0.1) is 12.3 Å². The van der Waals surface area contributed by atoms with Crippen molar-refractivity contribution < 1.29 is 9.84 Å². The Balaban J connectivity index is 1.64. The zero-order valence-corrected chi connectivity index (χ0v) is 19.3. The zero-order valence-electron chi connectivity index (χ0n) is 18.5. The monoisotopic (exact) mass is 482 g/mol. The number of rotatable bonds is 8. The van der Waals surface area contributed by atoms with Crippen molar-refractivity contribution in [1.82, 2.24) is 19.1 Å². The van der Waals surface area contributed by atoms with Gasteiger partial charge in [0.25, 0.3) is 5.56 Å². The lowest BCUT2D eigenvalue weighted by Gasteiger charge is -2.15. The van der Waals surface area contributed by atoms with E-state index in [1.165, 1.54) is 16.2 Å². The zero-order chi connectivity index (χ0) is 24.2. The number of benzene rings is 2. The summed E-state index contributed by atoms with van der Waals surface area (Å²) in [4.78, 5) is 31.3. The molecule has 1 unspecified atom stereocenters. The number of aliphatic hydroxyl groups excluding tert-OH is 1. The van der Waals surface area contributed by atoms with Crippen LogP contribution in [0.25, 0.3) is 11.2 Å². The third kappa shape index (κ3) is 5.03. The molecule has 0 spiro atoms. The topological polar surface area (TPSA) is 127 Å². The number of aliphatic hydroxyl groups is 1. The predicted octanol–water partition coefficient (Wildman–Crippen LogP) is 2.35. The van der Waals surface area contributed by atoms with E-state index in [9.17, 15) is 14.7 Å². The summed E-state index contributed by atoms with van der Waals surface area (Å²) in [5.74, 6) is 0.739. The predicted molar refractivity (Wildman–Crippen MR) is 131 cm³/mol. The van der Waals surface area contributed by atoms with Crippen molar-refractivity contribution in [3.8, 4) is 5.75 Å². The molecule has 3 N–H and O–H groups in total. The van der Waals surface area contributed by atoms with Crippen molar-refractivity contribution in [2.45, 2.75) is 19.6 Å². The van der Waals surface area contributed by atoms with Crippen molar-refractivity contribution >= 4 is 34.4 Å². The second kappa shape index (κ2) is 9.94. The normalized spacial score (nSPS) is 12.6. The first-order valence-corrected chi connectivity index (χ1v) is 10.8. The van der Waals surface area contributed by atoms with Crippen molar-refractivity contribution in [1.29, 1.82) is 0 Å². The molecule has 11 heteroatoms. The summed E-state index contributed by atoms with van der Waals surface area (Å²) in [6.07, 6.45) is -0.996. The smallest absolute Gasteiger partial charge is 0.329 e. The maximum Gasteiger partial charge on any atom is 0.329 e. The van der Waals surface area contributed by atoms with E-state index in [1.54, 1.807) is 24.3 Å². The molecule has 0 aliphatic rings. The molecule has 176 valence electrons. The summed E-state index contributed by atoms with van der Waals surface area (Å²) < 4.78 is 8.32. The second-order valence-corrected chi connectivity index (χ2v) is 8.07. The Hall–Kier alpha value is -3.89. The van der Waals surface area contributed by atoms with Gasteiger partial charge in [-0.25, -0.2) is 10.2 Å². The Labute approximate surface area is 199 Å². The van der Waals surface area contributed by atoms with Crippen LogP contribution in [-0.4, -0.2) is 42.6 Å². The van der Waals surface area contributed by atoms with Gasteiger partial charge in [0.1, 0.15) is 18.5 Å². The molecule has 4 aromatic rings. The maximum absolute atomic E-state index is 12.6. The van der Waals surface area contributed by atoms with Gasteiger partial charge in [-0.3, -0.25) is 14.3 Å². The minimum absolute atomic E-state index is 0.0341. The summed E-state index contributed by atoms with van der Waals surface area (Å²) in [6.45, 7) is 1.75. The van der Waals surface area contributed by atoms with Gasteiger partial charge >= 0.3 is 5.69 Å². The van der Waals surface area contributed by atoms with Gasteiger partial charge in [-0.1, -0.05) is 41.9 Å². The molecule has 0 radical (unpaired) electrons. The van der Waals surface area contributed by atoms with Crippen LogP contribution >= 0.6 is 11.6 Å². The number of anilines is 1. The lowest BCUT2D eigenvalue weighted by Crippen LogP contribution is -2.30. The number of hydrogen-bond donors (Lipinski definition) is 3. The van der Waals surface area contributed by atoms with Gasteiger partial charge < -0.3 is 14.4 Å². The molecule has 0 aliphatic carbocycles. The van der Waals surface area contributed by atoms with Crippen LogP contribution in [0.1, 0.15) is 12.5 Å². The van der Waals surface area contributed by atoms with Gasteiger partial charge in [-0.15, -0.1) is 0 Å². The Morgan fingerprint density at radius 2 is 1.91 bits per heavy atom. The minimum atomic E-state index is -0.996. The number of ether oxygens (including phenoxy) is 1. The standard InChI is InChI=1S/C23H23ClN6O4/c1-14(15-6-4-3-5-7-15)27-28-22-25-20-19(21(32)26-23(33)29(20)2)30(22)12-17(31)13-34-18-10-8-16(24)9-11-18/h3-11,17,31H,12-13H2,1-2H3,(H,25,28)(H,26,32,33)/b27-14+. The Bertz CT molecular complexity index is 1440. The summed E-state index contributed by atoms with van der Waals surface area (Å²) in [5.41, 5.74) is 3.53. The van der Waals surface area contributed by atoms with Crippen LogP contribution < -0.4 is 21.4 Å². The SMILES string of the molecule is C/C(=N\Nc1nc2c(c(=O)[nH]c(=O)n2C)n1CC(O)COc1ccc(Cl)cc1)c1ccccc1. The number of aromatic amines is 1. The van der Waals surface area contributed by atoms with Crippen LogP contribution in [0.4, 0.5) is 5.95 Å². The first-order chi connectivity index (χ1) is 16.3. The first kappa shape index (κ1) is 23.3. The van der Waals surface area contributed by atoms with E-state index >= 15 is 0 Å². The number of H-pyrrole nitrogens is 1. The molecule has 0 saturated heterocycles. The molecule has 34 heavy (non-hydrogen) atoms. The molecule has 0 saturated carbocycles. The molecule has 2 heterocycles. The van der Waals surface area contributed by atoms with E-state index in [0.717, 1.165) is 5.56 Å². The van der Waals surface area contributed by atoms with E-state index in [1.807, 2.05) is 37.3 Å². The molecule has 0 bridgehead atoms. The first-order valence-electron chi connectivity index (χ1n) is 10.4. The summed E-state index contributed by atoms with van der Waals surface area (Å²) in [7, 11) is 1.50. The summed E-state index contributed by atoms with van der Waals surface area (Å²) in [6, 6.07) is 16.3. The Kier molecular flexibility index (Phi) is 6.80. The van der Waals surface area contributed by atoms with E-state index in [4.69, 9.17) is 16.3 Å². The number of fused-ring (bicyclic) bond motifs is 1. The largest absolute Gasteiger partial charge is 0.491 e. The number of nitrogens with one attached hydrogen (secondary N) is 2. The Morgan fingerprint density at radius 3 is 2.62 bits per heavy atom. The number of hydrazone groups is 1. The number of halogens is 1. The van der Waals surface area contributed by atoms with E-state index in [2.05, 4.69) is 20.5 Å². The molecule has 0 aliphatic heterocycles. The molecule has 1 atom stereocenters. The van der Waals surface area contributed by atoms with Crippen LogP contribution in [0.5, 0.6) is 5.75 Å². The average molecular weight is 483 g/mol. The van der Waals surface area contributed by atoms with Crippen LogP contribution in [-0.2, 0) is 13.6 Å². The van der Waals surface area contributed by atoms with Crippen LogP contribution in [0.2, 0.25) is 5.02 Å². The van der Waals surface area contributed by atoms with Crippen molar-refractivity contribution in [3.63, 3.8) is 0 Å². The molecule has 0 fully saturated rings. The van der Waals surface area contributed by atoms with E-state index in [-0.39, 0.29) is 30.3 Å². The fraction of sp³-hybridized carbons (Fsp3) is 0.217. The summed E-state index contributed by atoms with van der Waals surface area (Å²) >= 11 is 5.88. The number of imidazole rings is 1. The highest BCUT2D eigenvalue weighted by atomic mass is 35.5.